The Bertz CT molecular complexity index is 707. The summed E-state index contributed by atoms with van der Waals surface area (Å²) in [6.07, 6.45) is 1.40. The fraction of sp³-hybridized carbons (Fsp3) is 0.500. The molecular weight excluding hydrogens is 347 g/mol. The minimum atomic E-state index is -0.261. The molecular formula is C20H29FN4O2. The van der Waals surface area contributed by atoms with Crippen LogP contribution in [0, 0.1) is 5.82 Å². The molecule has 0 fully saturated rings. The summed E-state index contributed by atoms with van der Waals surface area (Å²) in [6, 6.07) is 6.33. The minimum Gasteiger partial charge on any atom is -0.375 e. The van der Waals surface area contributed by atoms with Gasteiger partial charge in [0, 0.05) is 32.2 Å². The molecule has 0 amide bonds. The van der Waals surface area contributed by atoms with Gasteiger partial charge < -0.3 is 19.9 Å². The molecule has 0 aliphatic heterocycles. The van der Waals surface area contributed by atoms with E-state index in [2.05, 4.69) is 27.7 Å². The zero-order chi connectivity index (χ0) is 19.6. The summed E-state index contributed by atoms with van der Waals surface area (Å²) >= 11 is 0. The van der Waals surface area contributed by atoms with E-state index in [-0.39, 0.29) is 11.9 Å². The molecule has 148 valence electrons. The van der Waals surface area contributed by atoms with Crippen LogP contribution in [0.2, 0.25) is 0 Å². The molecule has 0 saturated heterocycles. The number of rotatable bonds is 9. The number of aromatic nitrogens is 1. The predicted octanol–water partition coefficient (Wildman–Crippen LogP) is 3.38. The van der Waals surface area contributed by atoms with Gasteiger partial charge in [-0.05, 0) is 31.0 Å². The van der Waals surface area contributed by atoms with E-state index in [1.165, 1.54) is 12.1 Å². The molecule has 1 aromatic heterocycles. The standard InChI is InChI=1S/C20H29FN4O2/c1-5-17-16(18(6-2)27-25-17)12-23-20(22-7-3)24-13-19(26-4)14-8-10-15(21)11-9-14/h8-11,19H,5-7,12-13H2,1-4H3,(H2,22,23,24). The van der Waals surface area contributed by atoms with Crippen LogP contribution in [-0.4, -0.2) is 31.3 Å². The smallest absolute Gasteiger partial charge is 0.191 e. The molecule has 0 saturated carbocycles. The highest BCUT2D eigenvalue weighted by atomic mass is 19.1. The molecule has 6 nitrogen and oxygen atoms in total. The minimum absolute atomic E-state index is 0.206. The Balaban J connectivity index is 2.06. The van der Waals surface area contributed by atoms with Crippen molar-refractivity contribution in [3.05, 3.63) is 52.7 Å². The van der Waals surface area contributed by atoms with Gasteiger partial charge in [-0.15, -0.1) is 0 Å². The number of aryl methyl sites for hydroxylation is 2. The molecule has 0 bridgehead atoms. The van der Waals surface area contributed by atoms with Crippen LogP contribution in [0.3, 0.4) is 0 Å². The first-order valence-electron chi connectivity index (χ1n) is 9.39. The fourth-order valence-corrected chi connectivity index (χ4v) is 2.82. The Morgan fingerprint density at radius 3 is 2.52 bits per heavy atom. The van der Waals surface area contributed by atoms with Gasteiger partial charge in [-0.1, -0.05) is 31.1 Å². The van der Waals surface area contributed by atoms with Crippen LogP contribution < -0.4 is 10.6 Å². The number of ether oxygens (including phenoxy) is 1. The van der Waals surface area contributed by atoms with Gasteiger partial charge in [-0.3, -0.25) is 0 Å². The van der Waals surface area contributed by atoms with Crippen molar-refractivity contribution < 1.29 is 13.7 Å². The average Bonchev–Trinajstić information content (AvgIpc) is 3.09. The summed E-state index contributed by atoms with van der Waals surface area (Å²) in [5.41, 5.74) is 2.91. The molecule has 27 heavy (non-hydrogen) atoms. The van der Waals surface area contributed by atoms with Crippen molar-refractivity contribution in [2.75, 3.05) is 20.2 Å². The Kier molecular flexibility index (Phi) is 8.26. The van der Waals surface area contributed by atoms with Gasteiger partial charge in [0.2, 0.25) is 0 Å². The molecule has 0 spiro atoms. The van der Waals surface area contributed by atoms with Gasteiger partial charge in [-0.2, -0.15) is 0 Å². The van der Waals surface area contributed by atoms with Gasteiger partial charge in [-0.25, -0.2) is 9.38 Å². The van der Waals surface area contributed by atoms with E-state index in [1.807, 2.05) is 13.8 Å². The largest absolute Gasteiger partial charge is 0.375 e. The highest BCUT2D eigenvalue weighted by Crippen LogP contribution is 2.18. The number of benzene rings is 1. The maximum atomic E-state index is 13.1. The molecule has 0 radical (unpaired) electrons. The van der Waals surface area contributed by atoms with Crippen LogP contribution in [0.4, 0.5) is 4.39 Å². The van der Waals surface area contributed by atoms with Crippen LogP contribution >= 0.6 is 0 Å². The summed E-state index contributed by atoms with van der Waals surface area (Å²) in [5.74, 6) is 1.31. The zero-order valence-electron chi connectivity index (χ0n) is 16.5. The number of methoxy groups -OCH3 is 1. The number of hydrogen-bond acceptors (Lipinski definition) is 4. The highest BCUT2D eigenvalue weighted by molar-refractivity contribution is 5.79. The maximum absolute atomic E-state index is 13.1. The van der Waals surface area contributed by atoms with Gasteiger partial charge in [0.25, 0.3) is 0 Å². The van der Waals surface area contributed by atoms with Crippen molar-refractivity contribution in [1.29, 1.82) is 0 Å². The quantitative estimate of drug-likeness (QED) is 0.519. The van der Waals surface area contributed by atoms with Crippen LogP contribution in [0.15, 0.2) is 33.8 Å². The second-order valence-electron chi connectivity index (χ2n) is 6.09. The molecule has 1 aromatic carbocycles. The van der Waals surface area contributed by atoms with Crippen molar-refractivity contribution >= 4 is 5.96 Å². The molecule has 1 unspecified atom stereocenters. The molecule has 2 rings (SSSR count). The highest BCUT2D eigenvalue weighted by Gasteiger charge is 2.14. The lowest BCUT2D eigenvalue weighted by atomic mass is 10.1. The van der Waals surface area contributed by atoms with Gasteiger partial charge >= 0.3 is 0 Å². The Labute approximate surface area is 160 Å². The Morgan fingerprint density at radius 1 is 1.19 bits per heavy atom. The third-order valence-electron chi connectivity index (χ3n) is 4.33. The molecule has 2 aromatic rings. The summed E-state index contributed by atoms with van der Waals surface area (Å²) in [5, 5.41) is 10.7. The van der Waals surface area contributed by atoms with Crippen molar-refractivity contribution in [3.8, 4) is 0 Å². The van der Waals surface area contributed by atoms with E-state index in [0.717, 1.165) is 42.0 Å². The fourth-order valence-electron chi connectivity index (χ4n) is 2.82. The molecule has 0 aliphatic carbocycles. The van der Waals surface area contributed by atoms with Crippen molar-refractivity contribution in [3.63, 3.8) is 0 Å². The lowest BCUT2D eigenvalue weighted by Gasteiger charge is -2.18. The third kappa shape index (κ3) is 5.79. The van der Waals surface area contributed by atoms with Gasteiger partial charge in [0.1, 0.15) is 11.6 Å². The van der Waals surface area contributed by atoms with Crippen LogP contribution in [0.1, 0.15) is 49.5 Å². The Morgan fingerprint density at radius 2 is 1.93 bits per heavy atom. The van der Waals surface area contributed by atoms with E-state index in [1.54, 1.807) is 19.2 Å². The number of nitrogens with zero attached hydrogens (tertiary/aromatic N) is 2. The average molecular weight is 376 g/mol. The van der Waals surface area contributed by atoms with E-state index >= 15 is 0 Å². The SMILES string of the molecule is CCNC(=NCc1c(CC)noc1CC)NCC(OC)c1ccc(F)cc1. The summed E-state index contributed by atoms with van der Waals surface area (Å²) in [4.78, 5) is 4.67. The number of nitrogens with one attached hydrogen (secondary N) is 2. The Hall–Kier alpha value is -2.41. The van der Waals surface area contributed by atoms with E-state index in [4.69, 9.17) is 9.26 Å². The van der Waals surface area contributed by atoms with Crippen molar-refractivity contribution in [1.82, 2.24) is 15.8 Å². The summed E-state index contributed by atoms with van der Waals surface area (Å²) in [6.45, 7) is 7.87. The summed E-state index contributed by atoms with van der Waals surface area (Å²) < 4.78 is 24.1. The van der Waals surface area contributed by atoms with E-state index in [9.17, 15) is 4.39 Å². The van der Waals surface area contributed by atoms with Crippen LogP contribution in [-0.2, 0) is 24.1 Å². The number of hydrogen-bond donors (Lipinski definition) is 2. The van der Waals surface area contributed by atoms with Crippen molar-refractivity contribution in [2.24, 2.45) is 4.99 Å². The molecule has 1 atom stereocenters. The first-order chi connectivity index (χ1) is 13.1. The topological polar surface area (TPSA) is 71.7 Å². The number of aliphatic imine (C=N–C) groups is 1. The lowest BCUT2D eigenvalue weighted by molar-refractivity contribution is 0.106. The molecule has 1 heterocycles. The van der Waals surface area contributed by atoms with Crippen molar-refractivity contribution in [2.45, 2.75) is 46.3 Å². The van der Waals surface area contributed by atoms with Gasteiger partial charge in [0.15, 0.2) is 5.96 Å². The second-order valence-corrected chi connectivity index (χ2v) is 6.09. The maximum Gasteiger partial charge on any atom is 0.191 e. The van der Waals surface area contributed by atoms with Crippen LogP contribution in [0.25, 0.3) is 0 Å². The third-order valence-corrected chi connectivity index (χ3v) is 4.33. The monoisotopic (exact) mass is 376 g/mol. The predicted molar refractivity (Wildman–Crippen MR) is 104 cm³/mol. The first kappa shape index (κ1) is 20.9. The van der Waals surface area contributed by atoms with Gasteiger partial charge in [0.05, 0.1) is 18.3 Å². The number of guanidine groups is 1. The lowest BCUT2D eigenvalue weighted by Crippen LogP contribution is -2.39. The zero-order valence-corrected chi connectivity index (χ0v) is 16.5. The van der Waals surface area contributed by atoms with Crippen LogP contribution in [0.5, 0.6) is 0 Å². The molecule has 2 N–H and O–H groups in total. The summed E-state index contributed by atoms with van der Waals surface area (Å²) in [7, 11) is 1.64. The second kappa shape index (κ2) is 10.7. The van der Waals surface area contributed by atoms with E-state index < -0.39 is 0 Å². The van der Waals surface area contributed by atoms with E-state index in [0.29, 0.717) is 19.0 Å². The normalized spacial score (nSPS) is 12.9. The molecule has 7 heteroatoms. The first-order valence-corrected chi connectivity index (χ1v) is 9.39. The number of halogens is 1. The molecule has 0 aliphatic rings.